The van der Waals surface area contributed by atoms with Crippen LogP contribution in [-0.4, -0.2) is 30.5 Å². The molecule has 1 amide bonds. The first-order chi connectivity index (χ1) is 10.2. The fourth-order valence-electron chi connectivity index (χ4n) is 1.89. The first-order valence-corrected chi connectivity index (χ1v) is 7.60. The van der Waals surface area contributed by atoms with Crippen molar-refractivity contribution in [3.05, 3.63) is 35.4 Å². The Kier molecular flexibility index (Phi) is 6.40. The second kappa shape index (κ2) is 7.82. The lowest BCUT2D eigenvalue weighted by Crippen LogP contribution is -2.41. The second-order valence-corrected chi connectivity index (χ2v) is 6.63. The summed E-state index contributed by atoms with van der Waals surface area (Å²) in [6, 6.07) is 7.93. The molecule has 22 heavy (non-hydrogen) atoms. The van der Waals surface area contributed by atoms with Gasteiger partial charge in [-0.25, -0.2) is 0 Å². The minimum absolute atomic E-state index is 0.0564. The highest BCUT2D eigenvalue weighted by molar-refractivity contribution is 5.94. The smallest absolute Gasteiger partial charge is 0.251 e. The van der Waals surface area contributed by atoms with E-state index in [9.17, 15) is 4.79 Å². The molecule has 0 unspecified atom stereocenters. The lowest BCUT2D eigenvalue weighted by atomic mass is 10.1. The average Bonchev–Trinajstić information content (AvgIpc) is 2.41. The minimum Gasteiger partial charge on any atom is -0.354 e. The third-order valence-electron chi connectivity index (χ3n) is 2.79. The van der Waals surface area contributed by atoms with Crippen molar-refractivity contribution in [3.8, 4) is 0 Å². The number of nitrogens with one attached hydrogen (secondary N) is 3. The molecule has 0 aliphatic heterocycles. The van der Waals surface area contributed by atoms with Gasteiger partial charge in [0.2, 0.25) is 0 Å². The summed E-state index contributed by atoms with van der Waals surface area (Å²) in [7, 11) is 1.74. The lowest BCUT2D eigenvalue weighted by Gasteiger charge is -2.20. The maximum Gasteiger partial charge on any atom is 0.251 e. The predicted molar refractivity (Wildman–Crippen MR) is 92.1 cm³/mol. The zero-order valence-electron chi connectivity index (χ0n) is 14.4. The highest BCUT2D eigenvalue weighted by Crippen LogP contribution is 2.08. The highest BCUT2D eigenvalue weighted by Gasteiger charge is 2.15. The molecule has 1 aromatic rings. The zero-order chi connectivity index (χ0) is 16.8. The summed E-state index contributed by atoms with van der Waals surface area (Å²) in [5.74, 6) is 0.693. The van der Waals surface area contributed by atoms with Gasteiger partial charge in [-0.1, -0.05) is 12.1 Å². The highest BCUT2D eigenvalue weighted by atomic mass is 16.1. The van der Waals surface area contributed by atoms with Gasteiger partial charge in [-0.05, 0) is 52.3 Å². The van der Waals surface area contributed by atoms with E-state index in [4.69, 9.17) is 0 Å². The van der Waals surface area contributed by atoms with Crippen LogP contribution in [0.25, 0.3) is 0 Å². The van der Waals surface area contributed by atoms with Crippen molar-refractivity contribution in [2.75, 3.05) is 7.05 Å². The molecule has 5 nitrogen and oxygen atoms in total. The number of carbonyl (C=O) groups is 1. The van der Waals surface area contributed by atoms with E-state index in [1.165, 1.54) is 0 Å². The monoisotopic (exact) mass is 304 g/mol. The normalized spacial score (nSPS) is 12.2. The Hall–Kier alpha value is -2.04. The van der Waals surface area contributed by atoms with Crippen LogP contribution in [0.15, 0.2) is 29.3 Å². The van der Waals surface area contributed by atoms with Crippen LogP contribution < -0.4 is 16.0 Å². The molecule has 0 radical (unpaired) electrons. The van der Waals surface area contributed by atoms with Crippen molar-refractivity contribution in [1.29, 1.82) is 0 Å². The molecule has 0 aliphatic rings. The summed E-state index contributed by atoms with van der Waals surface area (Å²) in [5, 5.41) is 9.44. The van der Waals surface area contributed by atoms with Crippen LogP contribution in [0.2, 0.25) is 0 Å². The first kappa shape index (κ1) is 18.0. The first-order valence-electron chi connectivity index (χ1n) is 7.60. The van der Waals surface area contributed by atoms with E-state index < -0.39 is 0 Å². The number of rotatable bonds is 4. The molecule has 122 valence electrons. The van der Waals surface area contributed by atoms with E-state index in [1.807, 2.05) is 45.0 Å². The maximum absolute atomic E-state index is 12.2. The van der Waals surface area contributed by atoms with Gasteiger partial charge < -0.3 is 16.0 Å². The molecule has 0 fully saturated rings. The summed E-state index contributed by atoms with van der Waals surface area (Å²) in [5.41, 5.74) is 1.46. The number of aliphatic imine (C=N–C) groups is 1. The van der Waals surface area contributed by atoms with Gasteiger partial charge >= 0.3 is 0 Å². The van der Waals surface area contributed by atoms with Gasteiger partial charge in [-0.2, -0.15) is 0 Å². The molecule has 0 atom stereocenters. The minimum atomic E-state index is -0.242. The molecule has 3 N–H and O–H groups in total. The Morgan fingerprint density at radius 1 is 1.27 bits per heavy atom. The number of hydrogen-bond donors (Lipinski definition) is 3. The van der Waals surface area contributed by atoms with E-state index in [-0.39, 0.29) is 11.4 Å². The van der Waals surface area contributed by atoms with E-state index in [2.05, 4.69) is 34.8 Å². The molecule has 1 rings (SSSR count). The number of nitrogens with zero attached hydrogens (tertiary/aromatic N) is 1. The quantitative estimate of drug-likeness (QED) is 0.590. The van der Waals surface area contributed by atoms with Crippen LogP contribution in [0.4, 0.5) is 0 Å². The van der Waals surface area contributed by atoms with Crippen LogP contribution in [0.3, 0.4) is 0 Å². The Morgan fingerprint density at radius 3 is 2.50 bits per heavy atom. The maximum atomic E-state index is 12.2. The van der Waals surface area contributed by atoms with Crippen molar-refractivity contribution >= 4 is 11.9 Å². The molecule has 0 aliphatic carbocycles. The van der Waals surface area contributed by atoms with E-state index in [1.54, 1.807) is 7.05 Å². The molecule has 1 aromatic carbocycles. The molecule has 0 heterocycles. The molecule has 0 saturated carbocycles. The largest absolute Gasteiger partial charge is 0.354 e. The summed E-state index contributed by atoms with van der Waals surface area (Å²) >= 11 is 0. The number of amides is 1. The summed E-state index contributed by atoms with van der Waals surface area (Å²) in [6.45, 7) is 10.6. The molecule has 5 heteroatoms. The third-order valence-corrected chi connectivity index (χ3v) is 2.79. The van der Waals surface area contributed by atoms with Crippen molar-refractivity contribution < 1.29 is 4.79 Å². The molecule has 0 spiro atoms. The van der Waals surface area contributed by atoms with Crippen LogP contribution in [0.1, 0.15) is 50.5 Å². The van der Waals surface area contributed by atoms with E-state index in [0.717, 1.165) is 11.5 Å². The average molecular weight is 304 g/mol. The van der Waals surface area contributed by atoms with Gasteiger partial charge in [0.15, 0.2) is 5.96 Å². The van der Waals surface area contributed by atoms with Crippen LogP contribution in [-0.2, 0) is 6.54 Å². The van der Waals surface area contributed by atoms with Crippen molar-refractivity contribution in [1.82, 2.24) is 16.0 Å². The Morgan fingerprint density at radius 2 is 1.95 bits per heavy atom. The van der Waals surface area contributed by atoms with Crippen LogP contribution in [0.5, 0.6) is 0 Å². The summed E-state index contributed by atoms with van der Waals surface area (Å²) < 4.78 is 0. The molecule has 0 saturated heterocycles. The second-order valence-electron chi connectivity index (χ2n) is 6.63. The summed E-state index contributed by atoms with van der Waals surface area (Å²) in [4.78, 5) is 16.3. The van der Waals surface area contributed by atoms with Gasteiger partial charge in [0.25, 0.3) is 5.91 Å². The van der Waals surface area contributed by atoms with Crippen molar-refractivity contribution in [2.45, 2.75) is 52.7 Å². The van der Waals surface area contributed by atoms with Gasteiger partial charge in [0, 0.05) is 30.7 Å². The summed E-state index contributed by atoms with van der Waals surface area (Å²) in [6.07, 6.45) is 0. The molecule has 0 aromatic heterocycles. The van der Waals surface area contributed by atoms with Gasteiger partial charge in [-0.15, -0.1) is 0 Å². The Bertz CT molecular complexity index is 530. The fourth-order valence-corrected chi connectivity index (χ4v) is 1.89. The van der Waals surface area contributed by atoms with Crippen LogP contribution >= 0.6 is 0 Å². The number of benzene rings is 1. The van der Waals surface area contributed by atoms with Gasteiger partial charge in [0.1, 0.15) is 0 Å². The number of guanidine groups is 1. The topological polar surface area (TPSA) is 65.5 Å². The Balaban J connectivity index is 2.70. The number of carbonyl (C=O) groups excluding carboxylic acids is 1. The van der Waals surface area contributed by atoms with Gasteiger partial charge in [-0.3, -0.25) is 9.79 Å². The zero-order valence-corrected chi connectivity index (χ0v) is 14.4. The third kappa shape index (κ3) is 6.61. The van der Waals surface area contributed by atoms with Crippen molar-refractivity contribution in [3.63, 3.8) is 0 Å². The SMILES string of the molecule is CN=C(NCc1cccc(C(=O)NC(C)(C)C)c1)NC(C)C. The van der Waals surface area contributed by atoms with Crippen LogP contribution in [0, 0.1) is 0 Å². The number of hydrogen-bond acceptors (Lipinski definition) is 2. The molecule has 0 bridgehead atoms. The van der Waals surface area contributed by atoms with Crippen molar-refractivity contribution in [2.24, 2.45) is 4.99 Å². The van der Waals surface area contributed by atoms with E-state index >= 15 is 0 Å². The lowest BCUT2D eigenvalue weighted by molar-refractivity contribution is 0.0919. The van der Waals surface area contributed by atoms with Gasteiger partial charge in [0.05, 0.1) is 0 Å². The fraction of sp³-hybridized carbons (Fsp3) is 0.529. The molecular weight excluding hydrogens is 276 g/mol. The van der Waals surface area contributed by atoms with E-state index in [0.29, 0.717) is 18.2 Å². The predicted octanol–water partition coefficient (Wildman–Crippen LogP) is 2.29. The standard InChI is InChI=1S/C17H28N4O/c1-12(2)20-16(18-6)19-11-13-8-7-9-14(10-13)15(22)21-17(3,4)5/h7-10,12H,11H2,1-6H3,(H,21,22)(H2,18,19,20). The Labute approximate surface area is 133 Å². The molecular formula is C17H28N4O.